The van der Waals surface area contributed by atoms with Gasteiger partial charge in [-0.15, -0.1) is 10.2 Å². The van der Waals surface area contributed by atoms with Gasteiger partial charge in [-0.1, -0.05) is 62.4 Å². The molecule has 0 saturated carbocycles. The summed E-state index contributed by atoms with van der Waals surface area (Å²) in [7, 11) is 0. The molecule has 0 radical (unpaired) electrons. The van der Waals surface area contributed by atoms with Gasteiger partial charge < -0.3 is 9.88 Å². The minimum atomic E-state index is -0.0407. The van der Waals surface area contributed by atoms with Crippen molar-refractivity contribution >= 4 is 11.7 Å². The molecule has 7 heteroatoms. The summed E-state index contributed by atoms with van der Waals surface area (Å²) < 4.78 is 2.42. The Bertz CT molecular complexity index is 1150. The fourth-order valence-electron chi connectivity index (χ4n) is 6.29. The molecule has 2 aliphatic heterocycles. The van der Waals surface area contributed by atoms with Gasteiger partial charge in [0.2, 0.25) is 0 Å². The van der Waals surface area contributed by atoms with Gasteiger partial charge in [-0.25, -0.2) is 4.79 Å². The number of rotatable bonds is 9. The molecule has 2 saturated heterocycles. The summed E-state index contributed by atoms with van der Waals surface area (Å²) in [6, 6.07) is 21.8. The first kappa shape index (κ1) is 25.5. The third-order valence-electron chi connectivity index (χ3n) is 8.03. The number of nitrogens with zero attached hydrogens (tertiary/aromatic N) is 5. The predicted molar refractivity (Wildman–Crippen MR) is 150 cm³/mol. The molecule has 7 nitrogen and oxygen atoms in total. The van der Waals surface area contributed by atoms with Gasteiger partial charge in [-0.3, -0.25) is 9.80 Å². The second-order valence-corrected chi connectivity index (χ2v) is 10.9. The van der Waals surface area contributed by atoms with Crippen LogP contribution in [0.3, 0.4) is 0 Å². The van der Waals surface area contributed by atoms with E-state index in [-0.39, 0.29) is 7.46 Å². The molecule has 5 rings (SSSR count). The molecule has 3 heterocycles. The van der Waals surface area contributed by atoms with Crippen molar-refractivity contribution in [3.63, 3.8) is 0 Å². The predicted octanol–water partition coefficient (Wildman–Crippen LogP) is 5.93. The maximum atomic E-state index is 13.2. The number of urea groups is 1. The first-order chi connectivity index (χ1) is 18.0. The molecule has 2 amide bonds. The first-order valence-corrected chi connectivity index (χ1v) is 13.8. The van der Waals surface area contributed by atoms with E-state index >= 15 is 0 Å². The van der Waals surface area contributed by atoms with Crippen molar-refractivity contribution in [2.24, 2.45) is 0 Å². The van der Waals surface area contributed by atoms with Crippen LogP contribution >= 0.6 is 0 Å². The Morgan fingerprint density at radius 1 is 1.00 bits per heavy atom. The number of nitrogens with one attached hydrogen (secondary N) is 1. The van der Waals surface area contributed by atoms with Crippen LogP contribution in [0, 0.1) is 6.92 Å². The Morgan fingerprint density at radius 2 is 1.65 bits per heavy atom. The zero-order chi connectivity index (χ0) is 25.8. The lowest BCUT2D eigenvalue weighted by Crippen LogP contribution is -2.46. The zero-order valence-corrected chi connectivity index (χ0v) is 22.4. The number of fused-ring (bicyclic) bond motifs is 2. The summed E-state index contributed by atoms with van der Waals surface area (Å²) in [4.78, 5) is 17.8. The van der Waals surface area contributed by atoms with Crippen LogP contribution in [0.4, 0.5) is 10.5 Å². The highest BCUT2D eigenvalue weighted by Gasteiger charge is 2.42. The molecule has 37 heavy (non-hydrogen) atoms. The highest BCUT2D eigenvalue weighted by atomic mass is 16.2. The average molecular weight is 503 g/mol. The van der Waals surface area contributed by atoms with Crippen LogP contribution in [0.15, 0.2) is 60.7 Å². The van der Waals surface area contributed by atoms with E-state index in [4.69, 9.17) is 0 Å². The third-order valence-corrected chi connectivity index (χ3v) is 8.03. The van der Waals surface area contributed by atoms with E-state index in [1.165, 1.54) is 12.8 Å². The van der Waals surface area contributed by atoms with Crippen molar-refractivity contribution in [1.82, 2.24) is 25.0 Å². The van der Waals surface area contributed by atoms with E-state index in [1.807, 2.05) is 65.6 Å². The van der Waals surface area contributed by atoms with Crippen LogP contribution in [0.5, 0.6) is 0 Å². The molecule has 2 aromatic carbocycles. The normalized spacial score (nSPS) is 21.4. The maximum absolute atomic E-state index is 13.2. The Kier molecular flexibility index (Phi) is 7.89. The highest BCUT2D eigenvalue weighted by molar-refractivity contribution is 5.91. The monoisotopic (exact) mass is 502 g/mol. The van der Waals surface area contributed by atoms with Crippen molar-refractivity contribution in [3.05, 3.63) is 77.9 Å². The Labute approximate surface area is 222 Å². The van der Waals surface area contributed by atoms with Crippen LogP contribution in [0.2, 0.25) is 0 Å². The van der Waals surface area contributed by atoms with Gasteiger partial charge in [-0.2, -0.15) is 0 Å². The number of hydrogen-bond donors (Lipinski definition) is 1. The minimum absolute atomic E-state index is 0. The van der Waals surface area contributed by atoms with Crippen LogP contribution in [-0.2, 0) is 6.54 Å². The van der Waals surface area contributed by atoms with E-state index in [0.717, 1.165) is 48.7 Å². The molecule has 198 valence electrons. The Hall–Kier alpha value is -3.19. The molecule has 0 aliphatic carbocycles. The number of aromatic nitrogens is 3. The van der Waals surface area contributed by atoms with Gasteiger partial charge in [0.1, 0.15) is 11.6 Å². The summed E-state index contributed by atoms with van der Waals surface area (Å²) in [5.74, 6) is 2.55. The number of benzene rings is 2. The quantitative estimate of drug-likeness (QED) is 0.394. The molecular formula is C30H42N6O. The van der Waals surface area contributed by atoms with Gasteiger partial charge >= 0.3 is 6.03 Å². The largest absolute Gasteiger partial charge is 0.334 e. The van der Waals surface area contributed by atoms with Gasteiger partial charge in [0.15, 0.2) is 0 Å². The van der Waals surface area contributed by atoms with E-state index < -0.39 is 0 Å². The molecule has 1 N–H and O–H groups in total. The lowest BCUT2D eigenvalue weighted by atomic mass is 9.96. The van der Waals surface area contributed by atoms with Crippen molar-refractivity contribution < 1.29 is 6.22 Å². The molecule has 2 fully saturated rings. The van der Waals surface area contributed by atoms with E-state index in [2.05, 4.69) is 45.8 Å². The summed E-state index contributed by atoms with van der Waals surface area (Å²) in [6.07, 6.45) is 5.80. The topological polar surface area (TPSA) is 66.3 Å². The van der Waals surface area contributed by atoms with Gasteiger partial charge in [0, 0.05) is 50.8 Å². The molecule has 3 atom stereocenters. The first-order valence-electron chi connectivity index (χ1n) is 13.8. The van der Waals surface area contributed by atoms with Crippen molar-refractivity contribution in [3.8, 4) is 0 Å². The van der Waals surface area contributed by atoms with Gasteiger partial charge in [-0.05, 0) is 56.7 Å². The van der Waals surface area contributed by atoms with Crippen LogP contribution in [-0.4, -0.2) is 50.9 Å². The smallest absolute Gasteiger partial charge is 0.322 e. The maximum Gasteiger partial charge on any atom is 0.322 e. The van der Waals surface area contributed by atoms with Gasteiger partial charge in [0.25, 0.3) is 0 Å². The standard InChI is InChI=1S/C30H40N6O.H2/c1-22(2)29-33-32-23(3)36(29)28-19-26-15-16-27(20-28)34(26)17-10-18-35(25-13-8-5-9-14-25)30(37)31-21-24-11-6-4-7-12-24;/h4-9,11-14,22,26-28H,10,15-21H2,1-3H3,(H,31,37);1H/t26-,27+,28?;. The zero-order valence-electron chi connectivity index (χ0n) is 22.4. The number of piperidine rings is 1. The number of aryl methyl sites for hydroxylation is 1. The third kappa shape index (κ3) is 5.72. The summed E-state index contributed by atoms with van der Waals surface area (Å²) in [6.45, 7) is 8.76. The fourth-order valence-corrected chi connectivity index (χ4v) is 6.29. The molecular weight excluding hydrogens is 460 g/mol. The van der Waals surface area contributed by atoms with Crippen molar-refractivity contribution in [2.45, 2.75) is 83.5 Å². The summed E-state index contributed by atoms with van der Waals surface area (Å²) in [5.41, 5.74) is 2.05. The lowest BCUT2D eigenvalue weighted by molar-refractivity contribution is 0.104. The number of para-hydroxylation sites is 1. The second-order valence-electron chi connectivity index (χ2n) is 10.9. The molecule has 1 aromatic heterocycles. The molecule has 3 aromatic rings. The molecule has 2 bridgehead atoms. The number of amides is 2. The van der Waals surface area contributed by atoms with Gasteiger partial charge in [0.05, 0.1) is 0 Å². The van der Waals surface area contributed by atoms with E-state index in [0.29, 0.717) is 37.1 Å². The minimum Gasteiger partial charge on any atom is -0.334 e. The van der Waals surface area contributed by atoms with E-state index in [9.17, 15) is 4.79 Å². The molecule has 0 spiro atoms. The number of carbonyl (C=O) groups excluding carboxylic acids is 1. The highest BCUT2D eigenvalue weighted by Crippen LogP contribution is 2.42. The number of carbonyl (C=O) groups is 1. The Balaban J connectivity index is 0.00000336. The fraction of sp³-hybridized carbons (Fsp3) is 0.500. The van der Waals surface area contributed by atoms with Crippen LogP contribution < -0.4 is 10.2 Å². The van der Waals surface area contributed by atoms with Crippen LogP contribution in [0.25, 0.3) is 0 Å². The Morgan fingerprint density at radius 3 is 2.30 bits per heavy atom. The average Bonchev–Trinajstić information content (AvgIpc) is 3.41. The summed E-state index contributed by atoms with van der Waals surface area (Å²) >= 11 is 0. The SMILES string of the molecule is Cc1nnc(C(C)C)n1C1C[C@H]2CC[C@@H](C1)N2CCCN(C(=O)NCc1ccccc1)c1ccccc1.[HH]. The lowest BCUT2D eigenvalue weighted by Gasteiger charge is -2.40. The van der Waals surface area contributed by atoms with E-state index in [1.54, 1.807) is 0 Å². The second kappa shape index (κ2) is 11.5. The number of anilines is 1. The van der Waals surface area contributed by atoms with Crippen molar-refractivity contribution in [1.29, 1.82) is 0 Å². The number of hydrogen-bond acceptors (Lipinski definition) is 4. The van der Waals surface area contributed by atoms with Crippen LogP contribution in [0.1, 0.15) is 76.6 Å². The molecule has 2 aliphatic rings. The summed E-state index contributed by atoms with van der Waals surface area (Å²) in [5, 5.41) is 12.0. The van der Waals surface area contributed by atoms with Crippen molar-refractivity contribution in [2.75, 3.05) is 18.0 Å². The molecule has 1 unspecified atom stereocenters.